The fourth-order valence-electron chi connectivity index (χ4n) is 3.60. The molecule has 0 N–H and O–H groups in total. The maximum atomic E-state index is 11.2. The van der Waals surface area contributed by atoms with E-state index in [1.54, 1.807) is 6.20 Å². The number of fused-ring (bicyclic) bond motifs is 2. The number of hydrogen-bond donors (Lipinski definition) is 0. The average Bonchev–Trinajstić information content (AvgIpc) is 2.89. The van der Waals surface area contributed by atoms with Crippen LogP contribution in [0.25, 0.3) is 0 Å². The lowest BCUT2D eigenvalue weighted by Crippen LogP contribution is -2.21. The zero-order valence-corrected chi connectivity index (χ0v) is 8.67. The number of aromatic nitrogens is 1. The van der Waals surface area contributed by atoms with E-state index in [0.717, 1.165) is 5.92 Å². The van der Waals surface area contributed by atoms with E-state index < -0.39 is 0 Å². The van der Waals surface area contributed by atoms with Gasteiger partial charge in [0.1, 0.15) is 6.29 Å². The Labute approximate surface area is 89.7 Å². The lowest BCUT2D eigenvalue weighted by atomic mass is 9.77. The molecule has 0 amide bonds. The number of carbonyl (C=O) groups is 1. The predicted molar refractivity (Wildman–Crippen MR) is 57.4 cm³/mol. The number of rotatable bonds is 2. The second-order valence-corrected chi connectivity index (χ2v) is 4.86. The fraction of sp³-hybridized carbons (Fsp3) is 0.538. The van der Waals surface area contributed by atoms with Gasteiger partial charge in [0, 0.05) is 18.3 Å². The van der Waals surface area contributed by atoms with Crippen LogP contribution in [0.15, 0.2) is 24.5 Å². The van der Waals surface area contributed by atoms with Crippen molar-refractivity contribution in [2.75, 3.05) is 0 Å². The first-order valence-corrected chi connectivity index (χ1v) is 5.75. The highest BCUT2D eigenvalue weighted by atomic mass is 16.1. The van der Waals surface area contributed by atoms with E-state index in [0.29, 0.717) is 11.8 Å². The zero-order valence-electron chi connectivity index (χ0n) is 8.67. The third-order valence-electron chi connectivity index (χ3n) is 4.21. The third-order valence-corrected chi connectivity index (χ3v) is 4.21. The normalized spacial score (nSPS) is 38.1. The molecule has 3 rings (SSSR count). The topological polar surface area (TPSA) is 30.0 Å². The summed E-state index contributed by atoms with van der Waals surface area (Å²) in [5, 5.41) is 0. The molecule has 2 aliphatic rings. The monoisotopic (exact) mass is 201 g/mol. The first kappa shape index (κ1) is 9.08. The van der Waals surface area contributed by atoms with Gasteiger partial charge in [-0.25, -0.2) is 0 Å². The predicted octanol–water partition coefficient (Wildman–Crippen LogP) is 2.41. The molecule has 0 unspecified atom stereocenters. The molecule has 15 heavy (non-hydrogen) atoms. The van der Waals surface area contributed by atoms with E-state index in [9.17, 15) is 4.79 Å². The SMILES string of the molecule is O=C[C@H]1[C@@H]2CC[C@@H](C2)[C@@H]1c1cccnc1. The minimum atomic E-state index is 0.257. The summed E-state index contributed by atoms with van der Waals surface area (Å²) in [6.07, 6.45) is 8.72. The van der Waals surface area contributed by atoms with Gasteiger partial charge in [0.15, 0.2) is 0 Å². The molecule has 4 atom stereocenters. The van der Waals surface area contributed by atoms with Crippen LogP contribution in [0.3, 0.4) is 0 Å². The van der Waals surface area contributed by atoms with Crippen molar-refractivity contribution in [3.63, 3.8) is 0 Å². The Bertz CT molecular complexity index is 362. The number of nitrogens with zero attached hydrogens (tertiary/aromatic N) is 1. The van der Waals surface area contributed by atoms with Crippen molar-refractivity contribution < 1.29 is 4.79 Å². The standard InChI is InChI=1S/C13H15NO/c15-8-12-9-3-4-10(6-9)13(12)11-2-1-5-14-7-11/h1-2,5,7-10,12-13H,3-4,6H2/t9-,10+,12+,13-/m1/s1. The molecule has 0 spiro atoms. The molecule has 1 aromatic rings. The van der Waals surface area contributed by atoms with Gasteiger partial charge < -0.3 is 4.79 Å². The van der Waals surface area contributed by atoms with E-state index >= 15 is 0 Å². The Morgan fingerprint density at radius 3 is 2.93 bits per heavy atom. The van der Waals surface area contributed by atoms with Crippen molar-refractivity contribution in [2.45, 2.75) is 25.2 Å². The van der Waals surface area contributed by atoms with E-state index in [1.165, 1.54) is 31.1 Å². The van der Waals surface area contributed by atoms with Gasteiger partial charge in [-0.1, -0.05) is 6.07 Å². The minimum absolute atomic E-state index is 0.257. The smallest absolute Gasteiger partial charge is 0.123 e. The molecule has 2 fully saturated rings. The van der Waals surface area contributed by atoms with Gasteiger partial charge in [0.25, 0.3) is 0 Å². The summed E-state index contributed by atoms with van der Waals surface area (Å²) in [5.41, 5.74) is 1.27. The van der Waals surface area contributed by atoms with Crippen LogP contribution in [0.4, 0.5) is 0 Å². The maximum absolute atomic E-state index is 11.2. The summed E-state index contributed by atoms with van der Waals surface area (Å²) in [7, 11) is 0. The van der Waals surface area contributed by atoms with Crippen LogP contribution in [-0.4, -0.2) is 11.3 Å². The second kappa shape index (κ2) is 3.44. The Balaban J connectivity index is 1.95. The lowest BCUT2D eigenvalue weighted by molar-refractivity contribution is -0.112. The molecule has 0 saturated heterocycles. The average molecular weight is 201 g/mol. The second-order valence-electron chi connectivity index (χ2n) is 4.86. The summed E-state index contributed by atoms with van der Waals surface area (Å²) in [6, 6.07) is 4.10. The Morgan fingerprint density at radius 1 is 1.33 bits per heavy atom. The molecule has 1 heterocycles. The third kappa shape index (κ3) is 1.31. The Morgan fingerprint density at radius 2 is 2.20 bits per heavy atom. The van der Waals surface area contributed by atoms with Crippen LogP contribution in [0.5, 0.6) is 0 Å². The van der Waals surface area contributed by atoms with Crippen LogP contribution in [-0.2, 0) is 4.79 Å². The van der Waals surface area contributed by atoms with Crippen LogP contribution in [0.1, 0.15) is 30.7 Å². The van der Waals surface area contributed by atoms with E-state index in [2.05, 4.69) is 11.1 Å². The van der Waals surface area contributed by atoms with Crippen LogP contribution in [0, 0.1) is 17.8 Å². The molecule has 2 heteroatoms. The number of hydrogen-bond acceptors (Lipinski definition) is 2. The molecule has 2 bridgehead atoms. The maximum Gasteiger partial charge on any atom is 0.123 e. The van der Waals surface area contributed by atoms with Gasteiger partial charge in [-0.05, 0) is 48.6 Å². The minimum Gasteiger partial charge on any atom is -0.303 e. The Hall–Kier alpha value is -1.18. The van der Waals surface area contributed by atoms with E-state index in [4.69, 9.17) is 0 Å². The zero-order chi connectivity index (χ0) is 10.3. The van der Waals surface area contributed by atoms with Crippen molar-refractivity contribution in [2.24, 2.45) is 17.8 Å². The summed E-state index contributed by atoms with van der Waals surface area (Å²) >= 11 is 0. The molecule has 0 aliphatic heterocycles. The lowest BCUT2D eigenvalue weighted by Gasteiger charge is -2.27. The van der Waals surface area contributed by atoms with Crippen LogP contribution < -0.4 is 0 Å². The van der Waals surface area contributed by atoms with Gasteiger partial charge in [-0.2, -0.15) is 0 Å². The highest BCUT2D eigenvalue weighted by Crippen LogP contribution is 2.55. The first-order valence-electron chi connectivity index (χ1n) is 5.75. The largest absolute Gasteiger partial charge is 0.303 e. The van der Waals surface area contributed by atoms with Gasteiger partial charge in [-0.3, -0.25) is 4.98 Å². The van der Waals surface area contributed by atoms with Crippen molar-refractivity contribution in [1.82, 2.24) is 4.98 Å². The summed E-state index contributed by atoms with van der Waals surface area (Å²) in [4.78, 5) is 15.3. The highest BCUT2D eigenvalue weighted by molar-refractivity contribution is 5.58. The summed E-state index contributed by atoms with van der Waals surface area (Å²) < 4.78 is 0. The Kier molecular flexibility index (Phi) is 2.08. The highest BCUT2D eigenvalue weighted by Gasteiger charge is 2.47. The van der Waals surface area contributed by atoms with Gasteiger partial charge in [-0.15, -0.1) is 0 Å². The molecule has 0 radical (unpaired) electrons. The summed E-state index contributed by atoms with van der Waals surface area (Å²) in [5.74, 6) is 2.09. The van der Waals surface area contributed by atoms with Gasteiger partial charge >= 0.3 is 0 Å². The molecular formula is C13H15NO. The molecule has 2 nitrogen and oxygen atoms in total. The molecule has 2 saturated carbocycles. The van der Waals surface area contributed by atoms with Gasteiger partial charge in [0.05, 0.1) is 0 Å². The molecular weight excluding hydrogens is 186 g/mol. The molecule has 2 aliphatic carbocycles. The summed E-state index contributed by atoms with van der Waals surface area (Å²) in [6.45, 7) is 0. The van der Waals surface area contributed by atoms with Crippen molar-refractivity contribution >= 4 is 6.29 Å². The van der Waals surface area contributed by atoms with Crippen molar-refractivity contribution in [3.8, 4) is 0 Å². The first-order chi connectivity index (χ1) is 7.40. The van der Waals surface area contributed by atoms with E-state index in [1.807, 2.05) is 12.3 Å². The quantitative estimate of drug-likeness (QED) is 0.688. The van der Waals surface area contributed by atoms with E-state index in [-0.39, 0.29) is 5.92 Å². The molecule has 0 aromatic carbocycles. The number of carbonyl (C=O) groups excluding carboxylic acids is 1. The van der Waals surface area contributed by atoms with Crippen LogP contribution >= 0.6 is 0 Å². The van der Waals surface area contributed by atoms with Crippen molar-refractivity contribution in [1.29, 1.82) is 0 Å². The number of aldehydes is 1. The molecule has 78 valence electrons. The van der Waals surface area contributed by atoms with Crippen molar-refractivity contribution in [3.05, 3.63) is 30.1 Å². The molecule has 1 aromatic heterocycles. The number of pyridine rings is 1. The van der Waals surface area contributed by atoms with Gasteiger partial charge in [0.2, 0.25) is 0 Å². The fourth-order valence-corrected chi connectivity index (χ4v) is 3.60. The van der Waals surface area contributed by atoms with Crippen LogP contribution in [0.2, 0.25) is 0 Å².